The maximum absolute atomic E-state index is 11.9. The van der Waals surface area contributed by atoms with Gasteiger partial charge in [-0.25, -0.2) is 4.98 Å². The van der Waals surface area contributed by atoms with Crippen molar-refractivity contribution in [3.05, 3.63) is 29.0 Å². The summed E-state index contributed by atoms with van der Waals surface area (Å²) >= 11 is 7.23. The van der Waals surface area contributed by atoms with Gasteiger partial charge in [0.1, 0.15) is 10.7 Å². The molecule has 2 aromatic rings. The number of aromatic nitrogens is 3. The number of anilines is 2. The van der Waals surface area contributed by atoms with E-state index in [1.807, 2.05) is 12.1 Å². The first kappa shape index (κ1) is 15.1. The zero-order chi connectivity index (χ0) is 15.4. The summed E-state index contributed by atoms with van der Waals surface area (Å²) in [7, 11) is 0. The molecule has 3 rings (SSSR count). The Morgan fingerprint density at radius 2 is 2.18 bits per heavy atom. The van der Waals surface area contributed by atoms with E-state index in [0.29, 0.717) is 16.8 Å². The molecule has 9 heteroatoms. The van der Waals surface area contributed by atoms with Crippen molar-refractivity contribution in [1.82, 2.24) is 20.1 Å². The highest BCUT2D eigenvalue weighted by molar-refractivity contribution is 7.13. The van der Waals surface area contributed by atoms with Crippen LogP contribution >= 0.6 is 22.9 Å². The average molecular weight is 339 g/mol. The van der Waals surface area contributed by atoms with Crippen molar-refractivity contribution in [2.24, 2.45) is 0 Å². The number of carbonyl (C=O) groups is 1. The lowest BCUT2D eigenvalue weighted by Crippen LogP contribution is -2.48. The lowest BCUT2D eigenvalue weighted by Gasteiger charge is -2.35. The summed E-state index contributed by atoms with van der Waals surface area (Å²) in [5.74, 6) is -0.0582. The highest BCUT2D eigenvalue weighted by Crippen LogP contribution is 2.19. The zero-order valence-corrected chi connectivity index (χ0v) is 13.3. The Labute approximate surface area is 136 Å². The molecule has 0 bridgehead atoms. The Kier molecular flexibility index (Phi) is 4.81. The van der Waals surface area contributed by atoms with Crippen LogP contribution < -0.4 is 10.2 Å². The van der Waals surface area contributed by atoms with Crippen LogP contribution in [0.1, 0.15) is 0 Å². The van der Waals surface area contributed by atoms with E-state index in [2.05, 4.69) is 30.3 Å². The van der Waals surface area contributed by atoms with E-state index in [-0.39, 0.29) is 5.91 Å². The molecule has 3 heterocycles. The van der Waals surface area contributed by atoms with Crippen molar-refractivity contribution in [3.8, 4) is 0 Å². The van der Waals surface area contributed by atoms with Crippen molar-refractivity contribution in [2.45, 2.75) is 0 Å². The van der Waals surface area contributed by atoms with Crippen molar-refractivity contribution >= 4 is 39.7 Å². The van der Waals surface area contributed by atoms with Gasteiger partial charge in [0, 0.05) is 38.1 Å². The minimum absolute atomic E-state index is 0.0582. The Bertz CT molecular complexity index is 629. The van der Waals surface area contributed by atoms with Crippen LogP contribution in [0.3, 0.4) is 0 Å². The SMILES string of the molecule is O=C(CN1CCN(c2ccnc(Cl)c2)CC1)Nc1nncs1. The van der Waals surface area contributed by atoms with Gasteiger partial charge in [-0.3, -0.25) is 15.0 Å². The average Bonchev–Trinajstić information content (AvgIpc) is 3.01. The van der Waals surface area contributed by atoms with Crippen LogP contribution in [0.15, 0.2) is 23.8 Å². The van der Waals surface area contributed by atoms with Gasteiger partial charge in [0.15, 0.2) is 0 Å². The van der Waals surface area contributed by atoms with E-state index >= 15 is 0 Å². The number of hydrogen-bond acceptors (Lipinski definition) is 7. The topological polar surface area (TPSA) is 74.2 Å². The molecule has 116 valence electrons. The second-order valence-electron chi connectivity index (χ2n) is 4.89. The first-order chi connectivity index (χ1) is 10.7. The number of halogens is 1. The molecular weight excluding hydrogens is 324 g/mol. The Morgan fingerprint density at radius 3 is 2.86 bits per heavy atom. The number of nitrogens with one attached hydrogen (secondary N) is 1. The number of hydrogen-bond donors (Lipinski definition) is 1. The Hall–Kier alpha value is -1.77. The van der Waals surface area contributed by atoms with Crippen molar-refractivity contribution < 1.29 is 4.79 Å². The van der Waals surface area contributed by atoms with Gasteiger partial charge in [-0.1, -0.05) is 22.9 Å². The van der Waals surface area contributed by atoms with Crippen LogP contribution in [0.5, 0.6) is 0 Å². The number of amides is 1. The van der Waals surface area contributed by atoms with Gasteiger partial charge < -0.3 is 4.90 Å². The van der Waals surface area contributed by atoms with Crippen LogP contribution in [0, 0.1) is 0 Å². The minimum atomic E-state index is -0.0582. The fourth-order valence-corrected chi connectivity index (χ4v) is 2.97. The zero-order valence-electron chi connectivity index (χ0n) is 11.8. The van der Waals surface area contributed by atoms with Crippen molar-refractivity contribution in [2.75, 3.05) is 42.9 Å². The van der Waals surface area contributed by atoms with E-state index in [9.17, 15) is 4.79 Å². The quantitative estimate of drug-likeness (QED) is 0.848. The van der Waals surface area contributed by atoms with Crippen LogP contribution in [0.4, 0.5) is 10.8 Å². The maximum atomic E-state index is 11.9. The van der Waals surface area contributed by atoms with E-state index in [0.717, 1.165) is 31.9 Å². The molecule has 1 fully saturated rings. The molecule has 1 aliphatic rings. The number of pyridine rings is 1. The summed E-state index contributed by atoms with van der Waals surface area (Å²) < 4.78 is 0. The largest absolute Gasteiger partial charge is 0.369 e. The Balaban J connectivity index is 1.48. The van der Waals surface area contributed by atoms with Crippen molar-refractivity contribution in [3.63, 3.8) is 0 Å². The van der Waals surface area contributed by atoms with Crippen LogP contribution in [-0.4, -0.2) is 58.7 Å². The lowest BCUT2D eigenvalue weighted by atomic mass is 10.2. The van der Waals surface area contributed by atoms with E-state index in [1.54, 1.807) is 11.7 Å². The molecule has 0 radical (unpaired) electrons. The molecular formula is C13H15ClN6OS. The third kappa shape index (κ3) is 3.90. The minimum Gasteiger partial charge on any atom is -0.369 e. The molecule has 0 unspecified atom stereocenters. The normalized spacial score (nSPS) is 15.8. The second kappa shape index (κ2) is 6.99. The highest BCUT2D eigenvalue weighted by atomic mass is 35.5. The van der Waals surface area contributed by atoms with E-state index in [1.165, 1.54) is 11.3 Å². The smallest absolute Gasteiger partial charge is 0.240 e. The molecule has 1 amide bonds. The summed E-state index contributed by atoms with van der Waals surface area (Å²) in [6.45, 7) is 3.72. The molecule has 1 N–H and O–H groups in total. The number of carbonyl (C=O) groups excluding carboxylic acids is 1. The first-order valence-electron chi connectivity index (χ1n) is 6.85. The fraction of sp³-hybridized carbons (Fsp3) is 0.385. The third-order valence-corrected chi connectivity index (χ3v) is 4.23. The second-order valence-corrected chi connectivity index (χ2v) is 6.11. The van der Waals surface area contributed by atoms with Gasteiger partial charge >= 0.3 is 0 Å². The standard InChI is InChI=1S/C13H15ClN6OS/c14-11-7-10(1-2-15-11)20-5-3-19(4-6-20)8-12(21)17-13-18-16-9-22-13/h1-2,7,9H,3-6,8H2,(H,17,18,21). The molecule has 0 aliphatic carbocycles. The molecule has 1 aliphatic heterocycles. The molecule has 2 aromatic heterocycles. The van der Waals surface area contributed by atoms with Crippen molar-refractivity contribution in [1.29, 1.82) is 0 Å². The van der Waals surface area contributed by atoms with Gasteiger partial charge in [0.2, 0.25) is 11.0 Å². The molecule has 0 spiro atoms. The predicted molar refractivity (Wildman–Crippen MR) is 86.4 cm³/mol. The van der Waals surface area contributed by atoms with Crippen LogP contribution in [0.25, 0.3) is 0 Å². The third-order valence-electron chi connectivity index (χ3n) is 3.42. The summed E-state index contributed by atoms with van der Waals surface area (Å²) in [5.41, 5.74) is 2.66. The van der Waals surface area contributed by atoms with E-state index < -0.39 is 0 Å². The molecule has 0 aromatic carbocycles. The molecule has 0 saturated carbocycles. The van der Waals surface area contributed by atoms with E-state index in [4.69, 9.17) is 11.6 Å². The van der Waals surface area contributed by atoms with Gasteiger partial charge in [-0.05, 0) is 12.1 Å². The lowest BCUT2D eigenvalue weighted by molar-refractivity contribution is -0.117. The first-order valence-corrected chi connectivity index (χ1v) is 8.11. The fourth-order valence-electron chi connectivity index (χ4n) is 2.34. The molecule has 22 heavy (non-hydrogen) atoms. The van der Waals surface area contributed by atoms with Gasteiger partial charge in [0.05, 0.1) is 6.54 Å². The van der Waals surface area contributed by atoms with Crippen LogP contribution in [-0.2, 0) is 4.79 Å². The van der Waals surface area contributed by atoms with Gasteiger partial charge in [-0.2, -0.15) is 0 Å². The molecule has 7 nitrogen and oxygen atoms in total. The summed E-state index contributed by atoms with van der Waals surface area (Å²) in [6.07, 6.45) is 1.71. The van der Waals surface area contributed by atoms with Gasteiger partial charge in [-0.15, -0.1) is 10.2 Å². The molecule has 0 atom stereocenters. The summed E-state index contributed by atoms with van der Waals surface area (Å²) in [6, 6.07) is 3.81. The van der Waals surface area contributed by atoms with Crippen LogP contribution in [0.2, 0.25) is 5.15 Å². The predicted octanol–water partition coefficient (Wildman–Crippen LogP) is 1.35. The number of rotatable bonds is 4. The molecule has 1 saturated heterocycles. The number of nitrogens with zero attached hydrogens (tertiary/aromatic N) is 5. The summed E-state index contributed by atoms with van der Waals surface area (Å²) in [5, 5.41) is 11.3. The Morgan fingerprint density at radius 1 is 1.36 bits per heavy atom. The monoisotopic (exact) mass is 338 g/mol. The maximum Gasteiger partial charge on any atom is 0.240 e. The van der Waals surface area contributed by atoms with Gasteiger partial charge in [0.25, 0.3) is 0 Å². The highest BCUT2D eigenvalue weighted by Gasteiger charge is 2.19. The number of piperazine rings is 1. The summed E-state index contributed by atoms with van der Waals surface area (Å²) in [4.78, 5) is 20.3.